The summed E-state index contributed by atoms with van der Waals surface area (Å²) in [6, 6.07) is 0. The van der Waals surface area contributed by atoms with E-state index in [9.17, 15) is 14.4 Å². The molecule has 0 radical (unpaired) electrons. The fourth-order valence-electron chi connectivity index (χ4n) is 3.09. The van der Waals surface area contributed by atoms with Crippen LogP contribution in [-0.4, -0.2) is 98.2 Å². The van der Waals surface area contributed by atoms with Crippen molar-refractivity contribution >= 4 is 17.8 Å². The maximum Gasteiger partial charge on any atom is 0.323 e. The molecule has 0 aromatic carbocycles. The second-order valence-corrected chi connectivity index (χ2v) is 7.49. The van der Waals surface area contributed by atoms with E-state index in [1.54, 1.807) is 21.5 Å². The van der Waals surface area contributed by atoms with Crippen LogP contribution in [0, 0.1) is 0 Å². The number of amides is 1. The second-order valence-electron chi connectivity index (χ2n) is 7.49. The highest BCUT2D eigenvalue weighted by Gasteiger charge is 2.16. The molecule has 0 fully saturated rings. The van der Waals surface area contributed by atoms with Crippen LogP contribution in [0.2, 0.25) is 0 Å². The average molecular weight is 497 g/mol. The molecule has 0 saturated carbocycles. The summed E-state index contributed by atoms with van der Waals surface area (Å²) in [7, 11) is 0. The number of nitrogens with zero attached hydrogens (tertiary/aromatic N) is 5. The predicted molar refractivity (Wildman–Crippen MR) is 120 cm³/mol. The number of carbonyl (C=O) groups excluding carboxylic acids is 1. The fraction of sp³-hybridized carbons (Fsp3) is 0.571. The first kappa shape index (κ1) is 27.9. The van der Waals surface area contributed by atoms with Gasteiger partial charge in [0.15, 0.2) is 0 Å². The summed E-state index contributed by atoms with van der Waals surface area (Å²) < 4.78 is 19.3. The summed E-state index contributed by atoms with van der Waals surface area (Å²) in [5, 5.41) is 18.2. The topological polar surface area (TPSA) is 184 Å². The van der Waals surface area contributed by atoms with Crippen LogP contribution in [0.3, 0.4) is 0 Å². The van der Waals surface area contributed by atoms with Crippen LogP contribution < -0.4 is 5.73 Å². The van der Waals surface area contributed by atoms with Crippen LogP contribution in [0.4, 0.5) is 0 Å². The SMILES string of the molecule is NC(=O)CCOCCOCCOCCN(Cc1nccn1CC(=O)O)Cc1nccn1CC(=O)O. The number of carbonyl (C=O) groups is 3. The second kappa shape index (κ2) is 15.5. The van der Waals surface area contributed by atoms with Gasteiger partial charge in [0.1, 0.15) is 24.7 Å². The summed E-state index contributed by atoms with van der Waals surface area (Å²) in [4.78, 5) is 43.3. The van der Waals surface area contributed by atoms with Gasteiger partial charge in [-0.1, -0.05) is 0 Å². The number of hydrogen-bond donors (Lipinski definition) is 3. The first-order valence-corrected chi connectivity index (χ1v) is 11.0. The van der Waals surface area contributed by atoms with Crippen molar-refractivity contribution in [3.63, 3.8) is 0 Å². The lowest BCUT2D eigenvalue weighted by atomic mass is 10.4. The van der Waals surface area contributed by atoms with Crippen molar-refractivity contribution in [2.75, 3.05) is 46.2 Å². The normalized spacial score (nSPS) is 11.2. The predicted octanol–water partition coefficient (Wildman–Crippen LogP) is -0.824. The van der Waals surface area contributed by atoms with Gasteiger partial charge >= 0.3 is 11.9 Å². The number of carboxylic acid groups (broad SMARTS) is 2. The Hall–Kier alpha value is -3.33. The Morgan fingerprint density at radius 2 is 1.26 bits per heavy atom. The van der Waals surface area contributed by atoms with Crippen LogP contribution in [0.1, 0.15) is 18.1 Å². The van der Waals surface area contributed by atoms with Gasteiger partial charge in [-0.15, -0.1) is 0 Å². The van der Waals surface area contributed by atoms with Crippen LogP contribution >= 0.6 is 0 Å². The lowest BCUT2D eigenvalue weighted by Crippen LogP contribution is -2.30. The highest BCUT2D eigenvalue weighted by Crippen LogP contribution is 2.09. The summed E-state index contributed by atoms with van der Waals surface area (Å²) >= 11 is 0. The van der Waals surface area contributed by atoms with Crippen molar-refractivity contribution in [2.45, 2.75) is 32.6 Å². The van der Waals surface area contributed by atoms with Crippen LogP contribution in [0.15, 0.2) is 24.8 Å². The molecule has 35 heavy (non-hydrogen) atoms. The summed E-state index contributed by atoms with van der Waals surface area (Å²) in [6.45, 7) is 2.76. The molecular formula is C21H32N6O8. The molecule has 0 bridgehead atoms. The molecule has 2 aromatic rings. The standard InChI is InChI=1S/C21H32N6O8/c22-17(28)1-7-33-9-11-35-12-10-34-8-6-25(13-18-23-2-4-26(18)15-20(29)30)14-19-24-3-5-27(19)16-21(31)32/h2-5H,1,6-16H2,(H2,22,28)(H,29,30)(H,31,32). The van der Waals surface area contributed by atoms with Crippen LogP contribution in [0.25, 0.3) is 0 Å². The Bertz CT molecular complexity index is 874. The van der Waals surface area contributed by atoms with Gasteiger partial charge in [0.25, 0.3) is 0 Å². The number of hydrogen-bond acceptors (Lipinski definition) is 9. The van der Waals surface area contributed by atoms with E-state index in [4.69, 9.17) is 30.2 Å². The third kappa shape index (κ3) is 11.6. The molecule has 14 heteroatoms. The van der Waals surface area contributed by atoms with Crippen molar-refractivity contribution < 1.29 is 38.8 Å². The van der Waals surface area contributed by atoms with E-state index < -0.39 is 17.8 Å². The number of nitrogens with two attached hydrogens (primary N) is 1. The Morgan fingerprint density at radius 3 is 1.71 bits per heavy atom. The van der Waals surface area contributed by atoms with E-state index in [2.05, 4.69) is 9.97 Å². The quantitative estimate of drug-likeness (QED) is 0.194. The third-order valence-electron chi connectivity index (χ3n) is 4.73. The summed E-state index contributed by atoms with van der Waals surface area (Å²) in [5.74, 6) is -1.25. The molecule has 0 aliphatic carbocycles. The minimum absolute atomic E-state index is 0.173. The minimum Gasteiger partial charge on any atom is -0.480 e. The van der Waals surface area contributed by atoms with Gasteiger partial charge in [-0.25, -0.2) is 9.97 Å². The number of primary amides is 1. The van der Waals surface area contributed by atoms with Crippen LogP contribution in [-0.2, 0) is 54.8 Å². The zero-order valence-electron chi connectivity index (χ0n) is 19.5. The van der Waals surface area contributed by atoms with E-state index in [0.29, 0.717) is 64.3 Å². The molecule has 14 nitrogen and oxygen atoms in total. The largest absolute Gasteiger partial charge is 0.480 e. The Kier molecular flexibility index (Phi) is 12.4. The number of ether oxygens (including phenoxy) is 3. The van der Waals surface area contributed by atoms with Crippen LogP contribution in [0.5, 0.6) is 0 Å². The molecule has 2 heterocycles. The number of rotatable bonds is 20. The molecule has 0 aliphatic rings. The number of aromatic nitrogens is 4. The minimum atomic E-state index is -0.977. The smallest absolute Gasteiger partial charge is 0.323 e. The zero-order valence-corrected chi connectivity index (χ0v) is 19.5. The van der Waals surface area contributed by atoms with Gasteiger partial charge < -0.3 is 39.3 Å². The maximum absolute atomic E-state index is 11.1. The van der Waals surface area contributed by atoms with Crippen molar-refractivity contribution in [1.82, 2.24) is 24.0 Å². The van der Waals surface area contributed by atoms with Gasteiger partial charge in [-0.05, 0) is 0 Å². The molecule has 0 unspecified atom stereocenters. The zero-order chi connectivity index (χ0) is 25.5. The lowest BCUT2D eigenvalue weighted by molar-refractivity contribution is -0.138. The van der Waals surface area contributed by atoms with Gasteiger partial charge in [-0.2, -0.15) is 0 Å². The molecular weight excluding hydrogens is 464 g/mol. The fourth-order valence-corrected chi connectivity index (χ4v) is 3.09. The molecule has 0 aliphatic heterocycles. The number of aliphatic carboxylic acids is 2. The van der Waals surface area contributed by atoms with E-state index in [1.165, 1.54) is 12.4 Å². The van der Waals surface area contributed by atoms with E-state index in [0.717, 1.165) is 0 Å². The lowest BCUT2D eigenvalue weighted by Gasteiger charge is -2.22. The van der Waals surface area contributed by atoms with Crippen molar-refractivity contribution in [3.8, 4) is 0 Å². The van der Waals surface area contributed by atoms with Crippen molar-refractivity contribution in [2.24, 2.45) is 5.73 Å². The van der Waals surface area contributed by atoms with Crippen molar-refractivity contribution in [3.05, 3.63) is 36.4 Å². The Morgan fingerprint density at radius 1 is 0.800 bits per heavy atom. The van der Waals surface area contributed by atoms with Crippen molar-refractivity contribution in [1.29, 1.82) is 0 Å². The Balaban J connectivity index is 1.81. The van der Waals surface area contributed by atoms with Gasteiger partial charge in [0.05, 0.1) is 52.7 Å². The van der Waals surface area contributed by atoms with Gasteiger partial charge in [0.2, 0.25) is 5.91 Å². The molecule has 0 spiro atoms. The highest BCUT2D eigenvalue weighted by molar-refractivity contribution is 5.73. The number of imidazole rings is 2. The molecule has 1 amide bonds. The maximum atomic E-state index is 11.1. The Labute approximate surface area is 202 Å². The molecule has 194 valence electrons. The van der Waals surface area contributed by atoms with E-state index >= 15 is 0 Å². The molecule has 2 rings (SSSR count). The highest BCUT2D eigenvalue weighted by atomic mass is 16.5. The summed E-state index contributed by atoms with van der Waals surface area (Å²) in [6.07, 6.45) is 6.43. The first-order valence-electron chi connectivity index (χ1n) is 11.0. The molecule has 0 atom stereocenters. The molecule has 2 aromatic heterocycles. The number of carboxylic acids is 2. The van der Waals surface area contributed by atoms with E-state index in [1.807, 2.05) is 4.90 Å². The molecule has 4 N–H and O–H groups in total. The average Bonchev–Trinajstić information content (AvgIpc) is 3.40. The monoisotopic (exact) mass is 496 g/mol. The first-order chi connectivity index (χ1) is 16.8. The van der Waals surface area contributed by atoms with Gasteiger partial charge in [-0.3, -0.25) is 19.3 Å². The molecule has 0 saturated heterocycles. The summed E-state index contributed by atoms with van der Waals surface area (Å²) in [5.41, 5.74) is 5.02. The third-order valence-corrected chi connectivity index (χ3v) is 4.73. The van der Waals surface area contributed by atoms with E-state index in [-0.39, 0.29) is 26.1 Å². The van der Waals surface area contributed by atoms with Gasteiger partial charge in [0, 0.05) is 37.8 Å².